The van der Waals surface area contributed by atoms with Gasteiger partial charge in [0.25, 0.3) is 0 Å². The number of aliphatic hydroxyl groups is 1. The lowest BCUT2D eigenvalue weighted by molar-refractivity contribution is -0.115. The summed E-state index contributed by atoms with van der Waals surface area (Å²) >= 11 is 5.53. The second-order valence-corrected chi connectivity index (χ2v) is 20.4. The summed E-state index contributed by atoms with van der Waals surface area (Å²) in [6, 6.07) is 41.8. The third-order valence-electron chi connectivity index (χ3n) is 10.9. The first-order valence-corrected chi connectivity index (χ1v) is 28.1. The van der Waals surface area contributed by atoms with Gasteiger partial charge in [-0.2, -0.15) is 0 Å². The number of halogens is 1. The number of carbonyl (C=O) groups is 2. The number of aliphatic hydroxyl groups excluding tert-OH is 1. The van der Waals surface area contributed by atoms with E-state index in [0.717, 1.165) is 24.7 Å². The van der Waals surface area contributed by atoms with Crippen molar-refractivity contribution in [2.45, 2.75) is 46.5 Å². The number of nitrogens with two attached hydrogens (primary N) is 4. The van der Waals surface area contributed by atoms with Gasteiger partial charge in [-0.1, -0.05) is 54.1 Å². The van der Waals surface area contributed by atoms with Gasteiger partial charge in [0.1, 0.15) is 57.5 Å². The van der Waals surface area contributed by atoms with E-state index >= 15 is 0 Å². The molecule has 0 unspecified atom stereocenters. The monoisotopic (exact) mass is 1230 g/mol. The minimum atomic E-state index is -3.39. The fourth-order valence-corrected chi connectivity index (χ4v) is 7.58. The van der Waals surface area contributed by atoms with Gasteiger partial charge in [0, 0.05) is 43.2 Å². The zero-order valence-corrected chi connectivity index (χ0v) is 49.4. The summed E-state index contributed by atoms with van der Waals surface area (Å²) in [6.07, 6.45) is 5.71. The van der Waals surface area contributed by atoms with E-state index in [0.29, 0.717) is 51.5 Å². The van der Waals surface area contributed by atoms with Gasteiger partial charge in [0.2, 0.25) is 21.8 Å². The molecule has 0 aromatic heterocycles. The number of ether oxygens (including phenoxy) is 1. The number of phenols is 9. The predicted octanol–water partition coefficient (Wildman–Crippen LogP) is 9.71. The standard InChI is InChI=1S/C10H12O.C8H10N2O2.C8H11NO4S.C8H9NO3.C8H11NO2.C7H9NO.C6H6ClNO.C6H7NO/c11-10-7-3-5-8-4-1-2-6-9(8)10;1-5(11)10-6-2-3-8(12)7(9)4-6;1-13-6-3-4-8(10)7(5-6)9-14(2,11)12;1-5(10)9-7-4-6(11)2-3-8(7)12;10-6-5-9-7-3-1-2-4-8(7)11;1-5-2-3-7(9)6(8)4-5;7-4-1-2-6(9)5(8)3-4;7-5-3-1-2-4-6(5)8/h3,5,7,11H,1-2,4,6H2;2-4,12H,9H2,1H3,(H,10,11);3-5,9-10H,1-2H3;2-4,11-12H,1H3,(H,9,10);1-4,9-11H,5-6H2;2-4,9H,8H2,1H3;1-3,9H,8H2;1-4,8H,7H2. The highest BCUT2D eigenvalue weighted by Crippen LogP contribution is 2.31. The van der Waals surface area contributed by atoms with Crippen molar-refractivity contribution in [2.75, 3.05) is 70.1 Å². The van der Waals surface area contributed by atoms with Gasteiger partial charge in [0.05, 0.1) is 59.8 Å². The van der Waals surface area contributed by atoms with Crippen LogP contribution < -0.4 is 48.3 Å². The van der Waals surface area contributed by atoms with Crippen LogP contribution in [0.5, 0.6) is 57.5 Å². The quantitative estimate of drug-likeness (QED) is 0.0382. The molecule has 0 heterocycles. The Kier molecular flexibility index (Phi) is 30.9. The molecule has 0 spiro atoms. The van der Waals surface area contributed by atoms with Crippen molar-refractivity contribution in [3.05, 3.63) is 179 Å². The number of aromatic hydroxyl groups is 9. The second kappa shape index (κ2) is 37.0. The van der Waals surface area contributed by atoms with Gasteiger partial charge in [-0.15, -0.1) is 0 Å². The number of aryl methyl sites for hydroxylation is 2. The van der Waals surface area contributed by atoms with E-state index in [-0.39, 0.29) is 81.5 Å². The molecule has 0 fully saturated rings. The van der Waals surface area contributed by atoms with Crippen molar-refractivity contribution >= 4 is 78.9 Å². The van der Waals surface area contributed by atoms with E-state index in [1.54, 1.807) is 72.8 Å². The first-order valence-electron chi connectivity index (χ1n) is 25.8. The summed E-state index contributed by atoms with van der Waals surface area (Å²) in [7, 11) is -1.94. The summed E-state index contributed by atoms with van der Waals surface area (Å²) in [4.78, 5) is 21.2. The summed E-state index contributed by atoms with van der Waals surface area (Å²) in [5.74, 6) is 0.875. The molecule has 0 atom stereocenters. The van der Waals surface area contributed by atoms with E-state index < -0.39 is 10.0 Å². The lowest BCUT2D eigenvalue weighted by Gasteiger charge is -2.15. The molecule has 1 aliphatic rings. The number of hydrogen-bond acceptors (Lipinski definition) is 20. The number of carbonyl (C=O) groups excluding carboxylic acids is 2. The maximum absolute atomic E-state index is 10.9. The summed E-state index contributed by atoms with van der Waals surface area (Å²) in [5.41, 5.74) is 27.9. The molecule has 23 nitrogen and oxygen atoms in total. The van der Waals surface area contributed by atoms with Crippen LogP contribution in [0.4, 0.5) is 45.5 Å². The Morgan fingerprint density at radius 2 is 1.05 bits per heavy atom. The number of para-hydroxylation sites is 4. The minimum Gasteiger partial charge on any atom is -0.508 e. The Bertz CT molecular complexity index is 3470. The minimum absolute atomic E-state index is 0.00319. The predicted molar refractivity (Wildman–Crippen MR) is 340 cm³/mol. The lowest BCUT2D eigenvalue weighted by atomic mass is 9.91. The Hall–Kier alpha value is -10.3. The van der Waals surface area contributed by atoms with Crippen molar-refractivity contribution < 1.29 is 73.8 Å². The number of fused-ring (bicyclic) bond motifs is 1. The van der Waals surface area contributed by atoms with Crippen molar-refractivity contribution in [1.29, 1.82) is 0 Å². The first kappa shape index (κ1) is 71.8. The Labute approximate surface area is 504 Å². The molecule has 25 heteroatoms. The lowest BCUT2D eigenvalue weighted by Crippen LogP contribution is -2.09. The molecule has 22 N–H and O–H groups in total. The Morgan fingerprint density at radius 1 is 0.535 bits per heavy atom. The van der Waals surface area contributed by atoms with Crippen LogP contribution in [0.25, 0.3) is 0 Å². The number of anilines is 8. The van der Waals surface area contributed by atoms with Crippen LogP contribution in [0.15, 0.2) is 158 Å². The van der Waals surface area contributed by atoms with E-state index in [1.807, 2.05) is 25.1 Å². The maximum Gasteiger partial charge on any atom is 0.229 e. The molecule has 9 rings (SSSR count). The molecular weight excluding hydrogens is 1150 g/mol. The van der Waals surface area contributed by atoms with Gasteiger partial charge in [-0.25, -0.2) is 8.42 Å². The number of amides is 2. The molecule has 86 heavy (non-hydrogen) atoms. The van der Waals surface area contributed by atoms with Gasteiger partial charge in [-0.05, 0) is 152 Å². The molecular formula is C61H75ClN8O15S. The fraction of sp³-hybridized carbons (Fsp3) is 0.180. The zero-order valence-electron chi connectivity index (χ0n) is 47.9. The molecule has 0 aliphatic heterocycles. The fourth-order valence-electron chi connectivity index (χ4n) is 6.83. The van der Waals surface area contributed by atoms with E-state index in [9.17, 15) is 33.3 Å². The van der Waals surface area contributed by atoms with Crippen LogP contribution >= 0.6 is 11.6 Å². The van der Waals surface area contributed by atoms with Crippen LogP contribution in [-0.2, 0) is 32.5 Å². The van der Waals surface area contributed by atoms with Gasteiger partial charge in [0.15, 0.2) is 0 Å². The molecule has 8 aromatic carbocycles. The molecule has 2 amide bonds. The SMILES string of the molecule is CC(=O)Nc1cc(O)ccc1O.CC(=O)Nc1ccc(O)c(N)c1.COc1ccc(O)c(NS(C)(=O)=O)c1.Cc1ccc(O)c(N)c1.Nc1cc(Cl)ccc1O.Nc1ccccc1O.OCCNc1ccccc1O.Oc1cccc2c1CCCC2. The number of rotatable bonds is 8. The zero-order chi connectivity index (χ0) is 64.5. The normalized spacial score (nSPS) is 10.5. The summed E-state index contributed by atoms with van der Waals surface area (Å²) in [6.45, 7) is 5.17. The van der Waals surface area contributed by atoms with Crippen LogP contribution in [0.3, 0.4) is 0 Å². The van der Waals surface area contributed by atoms with Crippen LogP contribution in [0, 0.1) is 6.92 Å². The van der Waals surface area contributed by atoms with E-state index in [2.05, 4.69) is 26.7 Å². The molecule has 0 bridgehead atoms. The van der Waals surface area contributed by atoms with E-state index in [1.165, 1.54) is 106 Å². The van der Waals surface area contributed by atoms with Gasteiger partial charge >= 0.3 is 0 Å². The molecule has 462 valence electrons. The number of methoxy groups -OCH3 is 1. The van der Waals surface area contributed by atoms with E-state index in [4.69, 9.17) is 75.0 Å². The highest BCUT2D eigenvalue weighted by atomic mass is 35.5. The number of sulfonamides is 1. The third kappa shape index (κ3) is 28.6. The summed E-state index contributed by atoms with van der Waals surface area (Å²) in [5, 5.41) is 98.5. The van der Waals surface area contributed by atoms with Gasteiger partial charge < -0.3 is 94.7 Å². The van der Waals surface area contributed by atoms with Crippen LogP contribution in [0.2, 0.25) is 5.02 Å². The first-order chi connectivity index (χ1) is 40.5. The molecule has 1 aliphatic carbocycles. The Morgan fingerprint density at radius 3 is 1.56 bits per heavy atom. The third-order valence-corrected chi connectivity index (χ3v) is 11.8. The van der Waals surface area contributed by atoms with Crippen LogP contribution in [-0.4, -0.2) is 97.8 Å². The second-order valence-electron chi connectivity index (χ2n) is 18.2. The highest BCUT2D eigenvalue weighted by molar-refractivity contribution is 7.92. The maximum atomic E-state index is 10.9. The molecule has 0 radical (unpaired) electrons. The number of benzene rings is 8. The van der Waals surface area contributed by atoms with Crippen molar-refractivity contribution in [3.8, 4) is 57.5 Å². The van der Waals surface area contributed by atoms with Crippen molar-refractivity contribution in [1.82, 2.24) is 0 Å². The number of hydrogen-bond donors (Lipinski definition) is 18. The molecule has 0 saturated heterocycles. The van der Waals surface area contributed by atoms with Crippen molar-refractivity contribution in [3.63, 3.8) is 0 Å². The Balaban J connectivity index is 0.000000337. The average Bonchev–Trinajstić information content (AvgIpc) is 3.67. The van der Waals surface area contributed by atoms with Crippen LogP contribution in [0.1, 0.15) is 43.4 Å². The topological polar surface area (TPSA) is 432 Å². The van der Waals surface area contributed by atoms with Crippen molar-refractivity contribution in [2.24, 2.45) is 0 Å². The number of nitrogen functional groups attached to an aromatic ring is 4. The average molecular weight is 1230 g/mol. The van der Waals surface area contributed by atoms with Gasteiger partial charge in [-0.3, -0.25) is 14.3 Å². The molecule has 0 saturated carbocycles. The molecule has 8 aromatic rings. The highest BCUT2D eigenvalue weighted by Gasteiger charge is 2.12. The number of phenolic OH excluding ortho intramolecular Hbond substituents is 9. The summed E-state index contributed by atoms with van der Waals surface area (Å²) < 4.78 is 28.8. The largest absolute Gasteiger partial charge is 0.508 e. The number of nitrogens with one attached hydrogen (secondary N) is 4. The smallest absolute Gasteiger partial charge is 0.229 e.